The average Bonchev–Trinajstić information content (AvgIpc) is 2.72. The van der Waals surface area contributed by atoms with E-state index in [2.05, 4.69) is 10.0 Å². The molecule has 1 heterocycles. The molecule has 0 fully saturated rings. The van der Waals surface area contributed by atoms with Crippen molar-refractivity contribution in [3.8, 4) is 0 Å². The van der Waals surface area contributed by atoms with Crippen molar-refractivity contribution in [3.63, 3.8) is 0 Å². The minimum Gasteiger partial charge on any atom is -0.351 e. The highest BCUT2D eigenvalue weighted by molar-refractivity contribution is 7.91. The second-order valence-corrected chi connectivity index (χ2v) is 8.11. The van der Waals surface area contributed by atoms with E-state index in [1.165, 1.54) is 13.0 Å². The van der Waals surface area contributed by atoms with Gasteiger partial charge in [0.05, 0.1) is 6.54 Å². The van der Waals surface area contributed by atoms with Crippen molar-refractivity contribution in [2.24, 2.45) is 5.73 Å². The summed E-state index contributed by atoms with van der Waals surface area (Å²) in [4.78, 5) is 11.6. The highest BCUT2D eigenvalue weighted by atomic mass is 35.5. The van der Waals surface area contributed by atoms with Crippen LogP contribution in [-0.4, -0.2) is 26.4 Å². The maximum atomic E-state index is 12.0. The van der Waals surface area contributed by atoms with Gasteiger partial charge in [0.2, 0.25) is 15.9 Å². The molecule has 1 amide bonds. The number of halogens is 1. The van der Waals surface area contributed by atoms with Gasteiger partial charge in [0.1, 0.15) is 4.21 Å². The molecule has 9 heteroatoms. The Labute approximate surface area is 129 Å². The van der Waals surface area contributed by atoms with Crippen LogP contribution in [-0.2, 0) is 21.4 Å². The minimum absolute atomic E-state index is 0. The second-order valence-electron chi connectivity index (χ2n) is 4.94. The Morgan fingerprint density at radius 2 is 2.00 bits per heavy atom. The quantitative estimate of drug-likeness (QED) is 0.713. The van der Waals surface area contributed by atoms with E-state index >= 15 is 0 Å². The normalized spacial score (nSPS) is 11.8. The van der Waals surface area contributed by atoms with Gasteiger partial charge in [-0.3, -0.25) is 4.79 Å². The van der Waals surface area contributed by atoms with Gasteiger partial charge in [-0.25, -0.2) is 13.1 Å². The molecule has 0 bridgehead atoms. The Balaban J connectivity index is 0.00000361. The largest absolute Gasteiger partial charge is 0.351 e. The molecule has 1 rings (SSSR count). The zero-order chi connectivity index (χ0) is 14.7. The Morgan fingerprint density at radius 1 is 1.40 bits per heavy atom. The number of rotatable bonds is 6. The molecule has 0 saturated carbocycles. The molecule has 0 aliphatic carbocycles. The second kappa shape index (κ2) is 7.37. The van der Waals surface area contributed by atoms with Gasteiger partial charge in [-0.05, 0) is 26.0 Å². The molecule has 116 valence electrons. The Bertz CT molecular complexity index is 550. The molecular weight excluding hydrogens is 322 g/mol. The van der Waals surface area contributed by atoms with Crippen LogP contribution in [0.2, 0.25) is 0 Å². The summed E-state index contributed by atoms with van der Waals surface area (Å²) >= 11 is 1.13. The number of hydrogen-bond donors (Lipinski definition) is 3. The molecule has 1 aromatic heterocycles. The van der Waals surface area contributed by atoms with Crippen LogP contribution in [0, 0.1) is 0 Å². The number of nitrogens with one attached hydrogen (secondary N) is 2. The molecule has 0 spiro atoms. The number of sulfonamides is 1. The molecule has 0 atom stereocenters. The summed E-state index contributed by atoms with van der Waals surface area (Å²) in [6.07, 6.45) is 0. The Morgan fingerprint density at radius 3 is 2.50 bits per heavy atom. The van der Waals surface area contributed by atoms with Crippen molar-refractivity contribution >= 4 is 39.7 Å². The van der Waals surface area contributed by atoms with E-state index in [0.717, 1.165) is 16.2 Å². The first kappa shape index (κ1) is 19.3. The summed E-state index contributed by atoms with van der Waals surface area (Å²) in [7, 11) is -3.54. The third-order valence-electron chi connectivity index (χ3n) is 2.13. The Hall–Kier alpha value is -0.670. The number of carbonyl (C=O) groups excluding carboxylic acids is 1. The summed E-state index contributed by atoms with van der Waals surface area (Å²) in [5.74, 6) is -0.152. The van der Waals surface area contributed by atoms with Gasteiger partial charge in [-0.2, -0.15) is 0 Å². The van der Waals surface area contributed by atoms with E-state index in [-0.39, 0.29) is 29.1 Å². The average molecular weight is 342 g/mol. The maximum Gasteiger partial charge on any atom is 0.250 e. The lowest BCUT2D eigenvalue weighted by Gasteiger charge is -2.18. The summed E-state index contributed by atoms with van der Waals surface area (Å²) in [6.45, 7) is 5.39. The summed E-state index contributed by atoms with van der Waals surface area (Å²) in [5, 5.41) is 2.62. The van der Waals surface area contributed by atoms with Crippen molar-refractivity contribution in [2.45, 2.75) is 37.1 Å². The zero-order valence-electron chi connectivity index (χ0n) is 11.6. The molecule has 0 saturated heterocycles. The van der Waals surface area contributed by atoms with Gasteiger partial charge >= 0.3 is 0 Å². The predicted octanol–water partition coefficient (Wildman–Crippen LogP) is 0.822. The van der Waals surface area contributed by atoms with Crippen LogP contribution >= 0.6 is 23.7 Å². The summed E-state index contributed by atoms with van der Waals surface area (Å²) in [6, 6.07) is 3.20. The zero-order valence-corrected chi connectivity index (χ0v) is 14.0. The maximum absolute atomic E-state index is 12.0. The summed E-state index contributed by atoms with van der Waals surface area (Å²) < 4.78 is 26.7. The van der Waals surface area contributed by atoms with Gasteiger partial charge in [0.25, 0.3) is 0 Å². The number of amides is 1. The number of hydrogen-bond acceptors (Lipinski definition) is 5. The molecule has 0 aliphatic rings. The van der Waals surface area contributed by atoms with E-state index in [0.29, 0.717) is 6.54 Å². The SMILES string of the molecule is CC(=O)NCc1ccc(S(=O)(=O)NCC(C)(C)N)s1.Cl. The molecular formula is C11H20ClN3O3S2. The van der Waals surface area contributed by atoms with Gasteiger partial charge in [-0.15, -0.1) is 23.7 Å². The van der Waals surface area contributed by atoms with Crippen molar-refractivity contribution in [3.05, 3.63) is 17.0 Å². The topological polar surface area (TPSA) is 101 Å². The first-order chi connectivity index (χ1) is 8.60. The fourth-order valence-electron chi connectivity index (χ4n) is 1.16. The standard InChI is InChI=1S/C11H19N3O3S2.ClH/c1-8(15)13-6-9-4-5-10(18-9)19(16,17)14-7-11(2,3)12;/h4-5,14H,6-7,12H2,1-3H3,(H,13,15);1H. The monoisotopic (exact) mass is 341 g/mol. The molecule has 6 nitrogen and oxygen atoms in total. The van der Waals surface area contributed by atoms with E-state index in [9.17, 15) is 13.2 Å². The van der Waals surface area contributed by atoms with Crippen LogP contribution in [0.25, 0.3) is 0 Å². The van der Waals surface area contributed by atoms with Crippen LogP contribution in [0.1, 0.15) is 25.6 Å². The third-order valence-corrected chi connectivity index (χ3v) is 5.11. The predicted molar refractivity (Wildman–Crippen MR) is 82.5 cm³/mol. The van der Waals surface area contributed by atoms with Gasteiger partial charge < -0.3 is 11.1 Å². The van der Waals surface area contributed by atoms with Crippen molar-refractivity contribution in [1.29, 1.82) is 0 Å². The summed E-state index contributed by atoms with van der Waals surface area (Å²) in [5.41, 5.74) is 5.13. The first-order valence-electron chi connectivity index (χ1n) is 5.72. The lowest BCUT2D eigenvalue weighted by atomic mass is 10.1. The van der Waals surface area contributed by atoms with E-state index in [1.54, 1.807) is 19.9 Å². The van der Waals surface area contributed by atoms with E-state index in [1.807, 2.05) is 0 Å². The smallest absolute Gasteiger partial charge is 0.250 e. The molecule has 0 aromatic carbocycles. The fourth-order valence-corrected chi connectivity index (χ4v) is 3.72. The molecule has 0 unspecified atom stereocenters. The molecule has 0 aliphatic heterocycles. The van der Waals surface area contributed by atoms with Crippen LogP contribution in [0.3, 0.4) is 0 Å². The van der Waals surface area contributed by atoms with Gasteiger partial charge in [0, 0.05) is 23.9 Å². The lowest BCUT2D eigenvalue weighted by molar-refractivity contribution is -0.119. The number of nitrogens with two attached hydrogens (primary N) is 1. The van der Waals surface area contributed by atoms with Crippen LogP contribution < -0.4 is 15.8 Å². The Kier molecular flexibility index (Phi) is 7.12. The highest BCUT2D eigenvalue weighted by Crippen LogP contribution is 2.21. The third kappa shape index (κ3) is 6.67. The molecule has 1 aromatic rings. The lowest BCUT2D eigenvalue weighted by Crippen LogP contribution is -2.44. The van der Waals surface area contributed by atoms with Crippen LogP contribution in [0.15, 0.2) is 16.3 Å². The number of carbonyl (C=O) groups is 1. The van der Waals surface area contributed by atoms with Crippen LogP contribution in [0.5, 0.6) is 0 Å². The van der Waals surface area contributed by atoms with Gasteiger partial charge in [0.15, 0.2) is 0 Å². The first-order valence-corrected chi connectivity index (χ1v) is 8.02. The van der Waals surface area contributed by atoms with Gasteiger partial charge in [-0.1, -0.05) is 0 Å². The van der Waals surface area contributed by atoms with E-state index < -0.39 is 15.6 Å². The minimum atomic E-state index is -3.54. The van der Waals surface area contributed by atoms with Crippen molar-refractivity contribution in [2.75, 3.05) is 6.54 Å². The molecule has 0 radical (unpaired) electrons. The fraction of sp³-hybridized carbons (Fsp3) is 0.545. The molecule has 4 N–H and O–H groups in total. The van der Waals surface area contributed by atoms with Crippen LogP contribution in [0.4, 0.5) is 0 Å². The highest BCUT2D eigenvalue weighted by Gasteiger charge is 2.20. The molecule has 20 heavy (non-hydrogen) atoms. The van der Waals surface area contributed by atoms with Crippen molar-refractivity contribution < 1.29 is 13.2 Å². The number of thiophene rings is 1. The van der Waals surface area contributed by atoms with E-state index in [4.69, 9.17) is 5.73 Å². The van der Waals surface area contributed by atoms with Crippen molar-refractivity contribution in [1.82, 2.24) is 10.0 Å².